The van der Waals surface area contributed by atoms with Crippen molar-refractivity contribution in [2.45, 2.75) is 64.4 Å². The van der Waals surface area contributed by atoms with E-state index in [1.807, 2.05) is 40.0 Å². The van der Waals surface area contributed by atoms with E-state index in [1.165, 1.54) is 18.4 Å². The zero-order valence-electron chi connectivity index (χ0n) is 15.7. The first-order valence-corrected chi connectivity index (χ1v) is 8.88. The lowest BCUT2D eigenvalue weighted by Gasteiger charge is -2.14. The number of aromatic nitrogens is 3. The van der Waals surface area contributed by atoms with Gasteiger partial charge in [0.25, 0.3) is 0 Å². The van der Waals surface area contributed by atoms with E-state index >= 15 is 0 Å². The highest BCUT2D eigenvalue weighted by molar-refractivity contribution is 5.54. The van der Waals surface area contributed by atoms with E-state index in [9.17, 15) is 0 Å². The minimum Gasteiger partial charge on any atom is -0.493 e. The lowest BCUT2D eigenvalue weighted by atomic mass is 9.97. The van der Waals surface area contributed by atoms with Crippen molar-refractivity contribution in [1.29, 1.82) is 0 Å². The van der Waals surface area contributed by atoms with Gasteiger partial charge < -0.3 is 14.0 Å². The van der Waals surface area contributed by atoms with Gasteiger partial charge in [-0.15, -0.1) is 0 Å². The molecule has 1 aliphatic carbocycles. The van der Waals surface area contributed by atoms with Gasteiger partial charge in [0.15, 0.2) is 0 Å². The van der Waals surface area contributed by atoms with Crippen molar-refractivity contribution in [2.75, 3.05) is 13.7 Å². The van der Waals surface area contributed by atoms with Crippen LogP contribution in [0.4, 0.5) is 0 Å². The number of ether oxygens (including phenoxy) is 2. The molecule has 1 saturated carbocycles. The second-order valence-corrected chi connectivity index (χ2v) is 7.74. The third kappa shape index (κ3) is 4.37. The molecule has 0 N–H and O–H groups in total. The highest BCUT2D eigenvalue weighted by Crippen LogP contribution is 2.44. The number of hydrogen-bond donors (Lipinski definition) is 0. The van der Waals surface area contributed by atoms with Crippen LogP contribution in [0, 0.1) is 0 Å². The van der Waals surface area contributed by atoms with E-state index in [4.69, 9.17) is 14.0 Å². The molecule has 1 unspecified atom stereocenters. The molecule has 0 saturated heterocycles. The maximum Gasteiger partial charge on any atom is 0.232 e. The van der Waals surface area contributed by atoms with Gasteiger partial charge in [0, 0.05) is 36.8 Å². The summed E-state index contributed by atoms with van der Waals surface area (Å²) >= 11 is 0. The quantitative estimate of drug-likeness (QED) is 0.752. The molecule has 25 heavy (non-hydrogen) atoms. The highest BCUT2D eigenvalue weighted by Gasteiger charge is 2.28. The van der Waals surface area contributed by atoms with Gasteiger partial charge in [-0.05, 0) is 25.7 Å². The predicted octanol–water partition coefficient (Wildman–Crippen LogP) is 4.11. The molecule has 2 aromatic heterocycles. The van der Waals surface area contributed by atoms with Crippen LogP contribution >= 0.6 is 0 Å². The number of methoxy groups -OCH3 is 1. The van der Waals surface area contributed by atoms with Crippen molar-refractivity contribution < 1.29 is 14.0 Å². The maximum absolute atomic E-state index is 6.04. The van der Waals surface area contributed by atoms with Crippen LogP contribution in [-0.2, 0) is 10.2 Å². The zero-order valence-corrected chi connectivity index (χ0v) is 15.7. The Hall–Kier alpha value is -1.95. The molecule has 0 aromatic carbocycles. The minimum absolute atomic E-state index is 0.178. The normalized spacial score (nSPS) is 16.0. The molecule has 6 heteroatoms. The Morgan fingerprint density at radius 2 is 2.08 bits per heavy atom. The van der Waals surface area contributed by atoms with Crippen molar-refractivity contribution in [3.63, 3.8) is 0 Å². The van der Waals surface area contributed by atoms with E-state index < -0.39 is 0 Å². The molecule has 6 nitrogen and oxygen atoms in total. The molecule has 0 bridgehead atoms. The summed E-state index contributed by atoms with van der Waals surface area (Å²) in [5, 5.41) is 4.08. The Morgan fingerprint density at radius 3 is 2.68 bits per heavy atom. The second-order valence-electron chi connectivity index (χ2n) is 7.74. The van der Waals surface area contributed by atoms with Crippen LogP contribution in [0.1, 0.15) is 64.3 Å². The molecule has 1 fully saturated rings. The van der Waals surface area contributed by atoms with E-state index in [2.05, 4.69) is 15.1 Å². The average Bonchev–Trinajstić information content (AvgIpc) is 3.28. The van der Waals surface area contributed by atoms with Gasteiger partial charge in [0.1, 0.15) is 11.4 Å². The highest BCUT2D eigenvalue weighted by atomic mass is 16.5. The first-order chi connectivity index (χ1) is 11.9. The van der Waals surface area contributed by atoms with Crippen molar-refractivity contribution in [1.82, 2.24) is 15.1 Å². The Morgan fingerprint density at radius 1 is 1.32 bits per heavy atom. The summed E-state index contributed by atoms with van der Waals surface area (Å²) in [4.78, 5) is 9.02. The summed E-state index contributed by atoms with van der Waals surface area (Å²) in [7, 11) is 1.72. The first kappa shape index (κ1) is 17.9. The Kier molecular flexibility index (Phi) is 5.08. The molecule has 0 aliphatic heterocycles. The molecule has 0 amide bonds. The number of pyridine rings is 1. The fraction of sp³-hybridized carbons (Fsp3) is 0.632. The fourth-order valence-corrected chi connectivity index (χ4v) is 2.48. The largest absolute Gasteiger partial charge is 0.493 e. The van der Waals surface area contributed by atoms with Crippen LogP contribution in [0.25, 0.3) is 11.5 Å². The van der Waals surface area contributed by atoms with Crippen molar-refractivity contribution >= 4 is 0 Å². The van der Waals surface area contributed by atoms with Gasteiger partial charge in [0.05, 0.1) is 12.7 Å². The Labute approximate surface area is 148 Å². The van der Waals surface area contributed by atoms with Crippen LogP contribution in [-0.4, -0.2) is 34.9 Å². The summed E-state index contributed by atoms with van der Waals surface area (Å²) in [6.07, 6.45) is 5.31. The number of nitrogens with zero attached hydrogens (tertiary/aromatic N) is 3. The van der Waals surface area contributed by atoms with Gasteiger partial charge in [0.2, 0.25) is 11.7 Å². The summed E-state index contributed by atoms with van der Waals surface area (Å²) in [6.45, 7) is 8.77. The van der Waals surface area contributed by atoms with Crippen LogP contribution in [0.2, 0.25) is 0 Å². The first-order valence-electron chi connectivity index (χ1n) is 8.88. The third-order valence-corrected chi connectivity index (χ3v) is 4.39. The standard InChI is InChI=1S/C19H27N3O3/c1-12(23-5)8-9-24-16-10-15(20-11-14(16)13-6-7-13)17-21-18(25-22-17)19(2,3)4/h10-13H,6-9H2,1-5H3. The number of hydrogen-bond acceptors (Lipinski definition) is 6. The molecular weight excluding hydrogens is 318 g/mol. The van der Waals surface area contributed by atoms with Crippen LogP contribution in [0.15, 0.2) is 16.8 Å². The minimum atomic E-state index is -0.186. The average molecular weight is 345 g/mol. The van der Waals surface area contributed by atoms with E-state index in [0.717, 1.165) is 12.2 Å². The Balaban J connectivity index is 1.81. The lowest BCUT2D eigenvalue weighted by Crippen LogP contribution is -2.11. The predicted molar refractivity (Wildman–Crippen MR) is 94.8 cm³/mol. The molecular formula is C19H27N3O3. The molecule has 2 aromatic rings. The van der Waals surface area contributed by atoms with Crippen molar-refractivity contribution in [3.8, 4) is 17.3 Å². The SMILES string of the molecule is COC(C)CCOc1cc(-c2noc(C(C)(C)C)n2)ncc1C1CC1. The Bertz CT molecular complexity index is 717. The number of rotatable bonds is 7. The van der Waals surface area contributed by atoms with Crippen molar-refractivity contribution in [2.24, 2.45) is 0 Å². The second kappa shape index (κ2) is 7.12. The molecule has 1 atom stereocenters. The maximum atomic E-state index is 6.04. The van der Waals surface area contributed by atoms with Gasteiger partial charge >= 0.3 is 0 Å². The third-order valence-electron chi connectivity index (χ3n) is 4.39. The fourth-order valence-electron chi connectivity index (χ4n) is 2.48. The van der Waals surface area contributed by atoms with Crippen molar-refractivity contribution in [3.05, 3.63) is 23.7 Å². The van der Waals surface area contributed by atoms with E-state index in [1.54, 1.807) is 7.11 Å². The molecule has 136 valence electrons. The van der Waals surface area contributed by atoms with Crippen LogP contribution < -0.4 is 4.74 Å². The lowest BCUT2D eigenvalue weighted by molar-refractivity contribution is 0.0954. The van der Waals surface area contributed by atoms with Crippen LogP contribution in [0.5, 0.6) is 5.75 Å². The molecule has 3 rings (SSSR count). The van der Waals surface area contributed by atoms with Crippen LogP contribution in [0.3, 0.4) is 0 Å². The van der Waals surface area contributed by atoms with E-state index in [-0.39, 0.29) is 11.5 Å². The van der Waals surface area contributed by atoms with Gasteiger partial charge in [-0.3, -0.25) is 4.98 Å². The molecule has 0 radical (unpaired) electrons. The summed E-state index contributed by atoms with van der Waals surface area (Å²) in [5.74, 6) is 2.54. The van der Waals surface area contributed by atoms with E-state index in [0.29, 0.717) is 29.9 Å². The smallest absolute Gasteiger partial charge is 0.232 e. The summed E-state index contributed by atoms with van der Waals surface area (Å²) in [5.41, 5.74) is 1.67. The summed E-state index contributed by atoms with van der Waals surface area (Å²) < 4.78 is 16.7. The van der Waals surface area contributed by atoms with Gasteiger partial charge in [-0.25, -0.2) is 0 Å². The van der Waals surface area contributed by atoms with Gasteiger partial charge in [-0.2, -0.15) is 4.98 Å². The monoisotopic (exact) mass is 345 g/mol. The molecule has 0 spiro atoms. The zero-order chi connectivity index (χ0) is 18.0. The van der Waals surface area contributed by atoms with Gasteiger partial charge in [-0.1, -0.05) is 25.9 Å². The molecule has 1 aliphatic rings. The topological polar surface area (TPSA) is 70.3 Å². The summed E-state index contributed by atoms with van der Waals surface area (Å²) in [6, 6.07) is 1.93. The molecule has 2 heterocycles.